The summed E-state index contributed by atoms with van der Waals surface area (Å²) in [6.45, 7) is 0. The first-order valence-electron chi connectivity index (χ1n) is 5.86. The molecule has 2 rings (SSSR count). The van der Waals surface area contributed by atoms with Crippen LogP contribution in [-0.2, 0) is 4.84 Å². The Balaban J connectivity index is 1.96. The molecular weight excluding hydrogens is 314 g/mol. The van der Waals surface area contributed by atoms with E-state index in [9.17, 15) is 14.9 Å². The summed E-state index contributed by atoms with van der Waals surface area (Å²) in [5.41, 5.74) is 6.24. The van der Waals surface area contributed by atoms with E-state index in [0.29, 0.717) is 10.7 Å². The van der Waals surface area contributed by atoms with Crippen molar-refractivity contribution in [2.75, 3.05) is 5.32 Å². The third-order valence-corrected chi connectivity index (χ3v) is 2.73. The van der Waals surface area contributed by atoms with Gasteiger partial charge in [0.15, 0.2) is 5.84 Å². The van der Waals surface area contributed by atoms with Crippen molar-refractivity contribution in [3.05, 3.63) is 57.2 Å². The number of halogens is 1. The van der Waals surface area contributed by atoms with Crippen LogP contribution in [0.3, 0.4) is 0 Å². The fourth-order valence-corrected chi connectivity index (χ4v) is 1.58. The monoisotopic (exact) mass is 323 g/mol. The maximum absolute atomic E-state index is 11.5. The Morgan fingerprint density at radius 1 is 1.41 bits per heavy atom. The van der Waals surface area contributed by atoms with Gasteiger partial charge in [-0.1, -0.05) is 16.8 Å². The van der Waals surface area contributed by atoms with Crippen molar-refractivity contribution in [1.82, 2.24) is 4.98 Å². The molecule has 114 valence electrons. The quantitative estimate of drug-likeness (QED) is 0.261. The number of rotatable bonds is 4. The molecule has 2 aromatic rings. The number of nitrogens with one attached hydrogen (secondary N) is 2. The highest BCUT2D eigenvalue weighted by atomic mass is 35.5. The second kappa shape index (κ2) is 6.59. The van der Waals surface area contributed by atoms with E-state index >= 15 is 0 Å². The molecule has 22 heavy (non-hydrogen) atoms. The van der Waals surface area contributed by atoms with Gasteiger partial charge < -0.3 is 15.8 Å². The van der Waals surface area contributed by atoms with Crippen LogP contribution in [0, 0.1) is 10.1 Å². The Morgan fingerprint density at radius 2 is 2.09 bits per heavy atom. The Bertz CT molecular complexity index is 725. The maximum Gasteiger partial charge on any atom is 0.437 e. The molecule has 0 aliphatic heterocycles. The maximum atomic E-state index is 11.5. The topological polar surface area (TPSA) is 136 Å². The molecule has 1 amide bonds. The van der Waals surface area contributed by atoms with Crippen LogP contribution < -0.4 is 11.1 Å². The number of aromatic amines is 1. The summed E-state index contributed by atoms with van der Waals surface area (Å²) in [4.78, 5) is 28.3. The summed E-state index contributed by atoms with van der Waals surface area (Å²) in [7, 11) is 0. The number of hydrogen-bond acceptors (Lipinski definition) is 5. The van der Waals surface area contributed by atoms with Gasteiger partial charge in [-0.2, -0.15) is 0 Å². The molecule has 0 spiro atoms. The molecule has 9 nitrogen and oxygen atoms in total. The Hall–Kier alpha value is -3.07. The number of nitro groups is 1. The summed E-state index contributed by atoms with van der Waals surface area (Å²) < 4.78 is 0. The molecule has 4 N–H and O–H groups in total. The summed E-state index contributed by atoms with van der Waals surface area (Å²) in [5, 5.41) is 16.8. The number of aromatic nitrogens is 1. The summed E-state index contributed by atoms with van der Waals surface area (Å²) >= 11 is 5.71. The summed E-state index contributed by atoms with van der Waals surface area (Å²) in [5.74, 6) is -0.436. The number of oxime groups is 1. The molecule has 10 heteroatoms. The highest BCUT2D eigenvalue weighted by molar-refractivity contribution is 6.30. The average molecular weight is 324 g/mol. The van der Waals surface area contributed by atoms with Gasteiger partial charge in [-0.25, -0.2) is 9.78 Å². The van der Waals surface area contributed by atoms with Crippen LogP contribution in [0.15, 0.2) is 41.7 Å². The van der Waals surface area contributed by atoms with Crippen molar-refractivity contribution >= 4 is 35.0 Å². The zero-order valence-electron chi connectivity index (χ0n) is 10.9. The van der Waals surface area contributed by atoms with Gasteiger partial charge in [0.1, 0.15) is 0 Å². The van der Waals surface area contributed by atoms with Crippen LogP contribution in [-0.4, -0.2) is 21.8 Å². The van der Waals surface area contributed by atoms with E-state index in [4.69, 9.17) is 17.3 Å². The molecule has 1 heterocycles. The van der Waals surface area contributed by atoms with E-state index in [0.717, 1.165) is 0 Å². The minimum absolute atomic E-state index is 0.185. The van der Waals surface area contributed by atoms with Crippen molar-refractivity contribution in [2.24, 2.45) is 10.9 Å². The van der Waals surface area contributed by atoms with Crippen molar-refractivity contribution in [1.29, 1.82) is 0 Å². The van der Waals surface area contributed by atoms with Gasteiger partial charge in [-0.3, -0.25) is 10.2 Å². The molecule has 0 saturated carbocycles. The molecule has 1 aromatic heterocycles. The Kier molecular flexibility index (Phi) is 4.59. The number of carbonyl (C=O) groups is 1. The van der Waals surface area contributed by atoms with Crippen LogP contribution in [0.25, 0.3) is 0 Å². The van der Waals surface area contributed by atoms with Gasteiger partial charge in [0.05, 0.1) is 11.8 Å². The fourth-order valence-electron chi connectivity index (χ4n) is 1.45. The third kappa shape index (κ3) is 3.96. The van der Waals surface area contributed by atoms with Crippen LogP contribution in [0.1, 0.15) is 5.56 Å². The van der Waals surface area contributed by atoms with E-state index in [1.165, 1.54) is 12.3 Å². The van der Waals surface area contributed by atoms with Gasteiger partial charge in [-0.05, 0) is 29.2 Å². The number of nitrogens with zero attached hydrogens (tertiary/aromatic N) is 2. The number of anilines is 1. The standard InChI is InChI=1S/C12H10ClN5O4/c13-8-1-3-9(4-2-8)16-12(19)22-17-11(14)7-5-10(15-6-7)18(20)21/h1-6,15H,(H2,14,17)(H,16,19). The molecule has 0 atom stereocenters. The molecule has 0 fully saturated rings. The van der Waals surface area contributed by atoms with Crippen LogP contribution in [0.4, 0.5) is 16.3 Å². The zero-order valence-corrected chi connectivity index (χ0v) is 11.7. The van der Waals surface area contributed by atoms with Crippen molar-refractivity contribution in [3.8, 4) is 0 Å². The lowest BCUT2D eigenvalue weighted by molar-refractivity contribution is -0.389. The highest BCUT2D eigenvalue weighted by Gasteiger charge is 2.11. The van der Waals surface area contributed by atoms with Crippen LogP contribution in [0.2, 0.25) is 5.02 Å². The molecule has 0 aliphatic carbocycles. The molecular formula is C12H10ClN5O4. The first-order valence-corrected chi connectivity index (χ1v) is 6.23. The molecule has 0 unspecified atom stereocenters. The predicted octanol–water partition coefficient (Wildman–Crippen LogP) is 2.45. The number of carbonyl (C=O) groups excluding carboxylic acids is 1. The summed E-state index contributed by atoms with van der Waals surface area (Å²) in [6, 6.07) is 7.50. The number of nitrogens with two attached hydrogens (primary N) is 1. The molecule has 0 radical (unpaired) electrons. The van der Waals surface area contributed by atoms with E-state index in [1.807, 2.05) is 0 Å². The van der Waals surface area contributed by atoms with Crippen molar-refractivity contribution in [2.45, 2.75) is 0 Å². The van der Waals surface area contributed by atoms with Gasteiger partial charge >= 0.3 is 11.9 Å². The first-order chi connectivity index (χ1) is 10.5. The van der Waals surface area contributed by atoms with Gasteiger partial charge in [0.2, 0.25) is 0 Å². The second-order valence-electron chi connectivity index (χ2n) is 4.02. The van der Waals surface area contributed by atoms with E-state index in [1.54, 1.807) is 24.3 Å². The lowest BCUT2D eigenvalue weighted by Gasteiger charge is -2.02. The SMILES string of the molecule is N/C(=N/OC(=O)Nc1ccc(Cl)cc1)c1c[nH]c([N+](=O)[O-])c1. The minimum atomic E-state index is -0.865. The number of H-pyrrole nitrogens is 1. The van der Waals surface area contributed by atoms with E-state index in [-0.39, 0.29) is 17.2 Å². The number of benzene rings is 1. The van der Waals surface area contributed by atoms with E-state index < -0.39 is 11.0 Å². The van der Waals surface area contributed by atoms with Gasteiger partial charge in [-0.15, -0.1) is 0 Å². The zero-order chi connectivity index (χ0) is 16.1. The normalized spacial score (nSPS) is 11.0. The second-order valence-corrected chi connectivity index (χ2v) is 4.45. The fraction of sp³-hybridized carbons (Fsp3) is 0. The highest BCUT2D eigenvalue weighted by Crippen LogP contribution is 2.14. The third-order valence-electron chi connectivity index (χ3n) is 2.48. The Labute approximate surface area is 128 Å². The molecule has 0 bridgehead atoms. The Morgan fingerprint density at radius 3 is 2.68 bits per heavy atom. The van der Waals surface area contributed by atoms with Gasteiger partial charge in [0, 0.05) is 16.8 Å². The van der Waals surface area contributed by atoms with E-state index in [2.05, 4.69) is 20.3 Å². The lowest BCUT2D eigenvalue weighted by atomic mass is 10.3. The largest absolute Gasteiger partial charge is 0.437 e. The molecule has 0 aliphatic rings. The van der Waals surface area contributed by atoms with Crippen molar-refractivity contribution in [3.63, 3.8) is 0 Å². The number of hydrogen-bond donors (Lipinski definition) is 3. The molecule has 1 aromatic carbocycles. The van der Waals surface area contributed by atoms with Crippen LogP contribution >= 0.6 is 11.6 Å². The number of amidine groups is 1. The smallest absolute Gasteiger partial charge is 0.380 e. The molecule has 0 saturated heterocycles. The summed E-state index contributed by atoms with van der Waals surface area (Å²) in [6.07, 6.45) is 0.410. The average Bonchev–Trinajstić information content (AvgIpc) is 2.97. The van der Waals surface area contributed by atoms with Crippen molar-refractivity contribution < 1.29 is 14.6 Å². The lowest BCUT2D eigenvalue weighted by Crippen LogP contribution is -2.17. The van der Waals surface area contributed by atoms with Gasteiger partial charge in [0.25, 0.3) is 0 Å². The number of amides is 1. The predicted molar refractivity (Wildman–Crippen MR) is 79.7 cm³/mol. The first kappa shape index (κ1) is 15.3. The minimum Gasteiger partial charge on any atom is -0.380 e. The van der Waals surface area contributed by atoms with Crippen LogP contribution in [0.5, 0.6) is 0 Å².